The van der Waals surface area contributed by atoms with Gasteiger partial charge >= 0.3 is 5.97 Å². The number of hydrogen-bond acceptors (Lipinski definition) is 3. The van der Waals surface area contributed by atoms with Gasteiger partial charge in [0.15, 0.2) is 0 Å². The highest BCUT2D eigenvalue weighted by Gasteiger charge is 2.07. The molecule has 0 unspecified atom stereocenters. The Labute approximate surface area is 97.5 Å². The summed E-state index contributed by atoms with van der Waals surface area (Å²) in [6.07, 6.45) is 2.94. The van der Waals surface area contributed by atoms with Crippen LogP contribution in [-0.4, -0.2) is 16.1 Å². The van der Waals surface area contributed by atoms with E-state index in [1.807, 2.05) is 24.3 Å². The van der Waals surface area contributed by atoms with Crippen molar-refractivity contribution < 1.29 is 9.90 Å². The lowest BCUT2D eigenvalue weighted by Gasteiger charge is -2.00. The minimum Gasteiger partial charge on any atom is -0.477 e. The molecule has 0 amide bonds. The van der Waals surface area contributed by atoms with Crippen molar-refractivity contribution >= 4 is 22.9 Å². The van der Waals surface area contributed by atoms with Gasteiger partial charge in [-0.2, -0.15) is 5.26 Å². The molecule has 2 rings (SSSR count). The van der Waals surface area contributed by atoms with Crippen LogP contribution in [0.15, 0.2) is 42.1 Å². The van der Waals surface area contributed by atoms with E-state index in [1.165, 1.54) is 6.08 Å². The van der Waals surface area contributed by atoms with Crippen molar-refractivity contribution in [3.05, 3.63) is 47.7 Å². The van der Waals surface area contributed by atoms with Crippen LogP contribution in [0.2, 0.25) is 0 Å². The van der Waals surface area contributed by atoms with Crippen LogP contribution in [0.4, 0.5) is 0 Å². The highest BCUT2D eigenvalue weighted by atomic mass is 16.4. The Morgan fingerprint density at radius 3 is 2.82 bits per heavy atom. The summed E-state index contributed by atoms with van der Waals surface area (Å²) in [5, 5.41) is 18.3. The van der Waals surface area contributed by atoms with Crippen molar-refractivity contribution in [2.24, 2.45) is 0 Å². The Kier molecular flexibility index (Phi) is 2.84. The summed E-state index contributed by atoms with van der Waals surface area (Å²) >= 11 is 0. The molecule has 0 aliphatic heterocycles. The van der Waals surface area contributed by atoms with Crippen LogP contribution in [0.3, 0.4) is 0 Å². The molecule has 4 heteroatoms. The molecule has 1 heterocycles. The molecule has 0 spiro atoms. The fourth-order valence-electron chi connectivity index (χ4n) is 1.54. The fourth-order valence-corrected chi connectivity index (χ4v) is 1.54. The zero-order valence-electron chi connectivity index (χ0n) is 8.79. The maximum absolute atomic E-state index is 10.8. The SMILES string of the molecule is N#CC(=Cc1ccnc2ccccc12)C(=O)O. The number of nitrogens with zero attached hydrogens (tertiary/aromatic N) is 2. The lowest BCUT2D eigenvalue weighted by Crippen LogP contribution is -1.97. The zero-order chi connectivity index (χ0) is 12.3. The maximum atomic E-state index is 10.8. The number of carbonyl (C=O) groups is 1. The largest absolute Gasteiger partial charge is 0.477 e. The van der Waals surface area contributed by atoms with E-state index >= 15 is 0 Å². The number of fused-ring (bicyclic) bond motifs is 1. The summed E-state index contributed by atoms with van der Waals surface area (Å²) in [5.74, 6) is -1.23. The van der Waals surface area contributed by atoms with Crippen molar-refractivity contribution in [1.82, 2.24) is 4.98 Å². The second-order valence-corrected chi connectivity index (χ2v) is 3.39. The Hall–Kier alpha value is -2.67. The molecule has 0 bridgehead atoms. The molecule has 0 saturated heterocycles. The van der Waals surface area contributed by atoms with Crippen LogP contribution in [-0.2, 0) is 4.79 Å². The van der Waals surface area contributed by atoms with Gasteiger partial charge in [0.2, 0.25) is 0 Å². The topological polar surface area (TPSA) is 74.0 Å². The fraction of sp³-hybridized carbons (Fsp3) is 0. The molecule has 0 radical (unpaired) electrons. The van der Waals surface area contributed by atoms with Gasteiger partial charge in [0.25, 0.3) is 0 Å². The van der Waals surface area contributed by atoms with Crippen molar-refractivity contribution in [1.29, 1.82) is 5.26 Å². The van der Waals surface area contributed by atoms with Gasteiger partial charge in [0.1, 0.15) is 11.6 Å². The van der Waals surface area contributed by atoms with Crippen molar-refractivity contribution in [3.8, 4) is 6.07 Å². The third-order valence-corrected chi connectivity index (χ3v) is 2.33. The van der Waals surface area contributed by atoms with Crippen LogP contribution < -0.4 is 0 Å². The Balaban J connectivity index is 2.65. The quantitative estimate of drug-likeness (QED) is 0.627. The van der Waals surface area contributed by atoms with Crippen LogP contribution in [0.25, 0.3) is 17.0 Å². The molecule has 1 N–H and O–H groups in total. The van der Waals surface area contributed by atoms with Crippen LogP contribution in [0.5, 0.6) is 0 Å². The molecule has 82 valence electrons. The number of hydrogen-bond donors (Lipinski definition) is 1. The molecule has 17 heavy (non-hydrogen) atoms. The normalized spacial score (nSPS) is 11.1. The van der Waals surface area contributed by atoms with E-state index in [4.69, 9.17) is 10.4 Å². The molecule has 0 aliphatic carbocycles. The standard InChI is InChI=1S/C13H8N2O2/c14-8-10(13(16)17)7-9-5-6-15-12-4-2-1-3-11(9)12/h1-7H,(H,16,17). The number of pyridine rings is 1. The lowest BCUT2D eigenvalue weighted by molar-refractivity contribution is -0.132. The first-order valence-corrected chi connectivity index (χ1v) is 4.91. The van der Waals surface area contributed by atoms with E-state index in [9.17, 15) is 4.79 Å². The summed E-state index contributed by atoms with van der Waals surface area (Å²) in [6.45, 7) is 0. The van der Waals surface area contributed by atoms with E-state index < -0.39 is 5.97 Å². The number of rotatable bonds is 2. The maximum Gasteiger partial charge on any atom is 0.346 e. The third-order valence-electron chi connectivity index (χ3n) is 2.33. The third kappa shape index (κ3) is 2.13. The van der Waals surface area contributed by atoms with Gasteiger partial charge in [-0.15, -0.1) is 0 Å². The Morgan fingerprint density at radius 2 is 2.12 bits per heavy atom. The average Bonchev–Trinajstić information content (AvgIpc) is 2.35. The minimum absolute atomic E-state index is 0.290. The summed E-state index contributed by atoms with van der Waals surface area (Å²) in [4.78, 5) is 14.9. The van der Waals surface area contributed by atoms with E-state index in [0.29, 0.717) is 5.56 Å². The molecule has 0 fully saturated rings. The molecule has 1 aromatic heterocycles. The summed E-state index contributed by atoms with van der Waals surface area (Å²) < 4.78 is 0. The molecule has 2 aromatic rings. The molecule has 0 atom stereocenters. The zero-order valence-corrected chi connectivity index (χ0v) is 8.79. The first-order valence-electron chi connectivity index (χ1n) is 4.91. The van der Waals surface area contributed by atoms with Gasteiger partial charge in [-0.05, 0) is 23.8 Å². The highest BCUT2D eigenvalue weighted by molar-refractivity contribution is 5.99. The summed E-state index contributed by atoms with van der Waals surface area (Å²) in [6, 6.07) is 10.7. The second-order valence-electron chi connectivity index (χ2n) is 3.39. The number of carboxylic acids is 1. The van der Waals surface area contributed by atoms with Gasteiger partial charge in [-0.25, -0.2) is 4.79 Å². The lowest BCUT2D eigenvalue weighted by atomic mass is 10.1. The van der Waals surface area contributed by atoms with Gasteiger partial charge < -0.3 is 5.11 Å². The van der Waals surface area contributed by atoms with E-state index in [2.05, 4.69) is 4.98 Å². The van der Waals surface area contributed by atoms with Crippen LogP contribution in [0, 0.1) is 11.3 Å². The number of nitriles is 1. The van der Waals surface area contributed by atoms with Crippen molar-refractivity contribution in [3.63, 3.8) is 0 Å². The smallest absolute Gasteiger partial charge is 0.346 e. The molecule has 0 aliphatic rings. The molecule has 1 aromatic carbocycles. The first-order chi connectivity index (χ1) is 8.22. The van der Waals surface area contributed by atoms with Crippen molar-refractivity contribution in [2.75, 3.05) is 0 Å². The van der Waals surface area contributed by atoms with Crippen LogP contribution in [0.1, 0.15) is 5.56 Å². The van der Waals surface area contributed by atoms with E-state index in [-0.39, 0.29) is 5.57 Å². The molecule has 4 nitrogen and oxygen atoms in total. The Morgan fingerprint density at radius 1 is 1.35 bits per heavy atom. The van der Waals surface area contributed by atoms with Crippen molar-refractivity contribution in [2.45, 2.75) is 0 Å². The predicted molar refractivity (Wildman–Crippen MR) is 63.0 cm³/mol. The van der Waals surface area contributed by atoms with Crippen LogP contribution >= 0.6 is 0 Å². The monoisotopic (exact) mass is 224 g/mol. The summed E-state index contributed by atoms with van der Waals surface area (Å²) in [5.41, 5.74) is 1.15. The number of para-hydroxylation sites is 1. The van der Waals surface area contributed by atoms with Gasteiger partial charge in [-0.3, -0.25) is 4.98 Å². The number of benzene rings is 1. The highest BCUT2D eigenvalue weighted by Crippen LogP contribution is 2.18. The Bertz CT molecular complexity index is 649. The number of carboxylic acid groups (broad SMARTS) is 1. The van der Waals surface area contributed by atoms with E-state index in [0.717, 1.165) is 10.9 Å². The summed E-state index contributed by atoms with van der Waals surface area (Å²) in [7, 11) is 0. The number of aromatic nitrogens is 1. The van der Waals surface area contributed by atoms with Gasteiger partial charge in [0.05, 0.1) is 5.52 Å². The molecule has 0 saturated carbocycles. The first kappa shape index (κ1) is 10.8. The minimum atomic E-state index is -1.23. The van der Waals surface area contributed by atoms with E-state index in [1.54, 1.807) is 18.3 Å². The molecular weight excluding hydrogens is 216 g/mol. The predicted octanol–water partition coefficient (Wildman–Crippen LogP) is 2.23. The molecular formula is C13H8N2O2. The van der Waals surface area contributed by atoms with Gasteiger partial charge in [-0.1, -0.05) is 18.2 Å². The number of aliphatic carboxylic acids is 1. The second kappa shape index (κ2) is 4.45. The average molecular weight is 224 g/mol. The van der Waals surface area contributed by atoms with Gasteiger partial charge in [0, 0.05) is 11.6 Å².